The molecular weight excluding hydrogens is 278 g/mol. The van der Waals surface area contributed by atoms with E-state index in [1.807, 2.05) is 13.8 Å². The van der Waals surface area contributed by atoms with Crippen LogP contribution in [0, 0.1) is 0 Å². The Morgan fingerprint density at radius 1 is 0.950 bits per heavy atom. The molecule has 2 N–H and O–H groups in total. The van der Waals surface area contributed by atoms with Gasteiger partial charge in [-0.15, -0.1) is 12.4 Å². The van der Waals surface area contributed by atoms with Gasteiger partial charge in [0.2, 0.25) is 11.8 Å². The molecule has 5 nitrogen and oxygen atoms in total. The number of likely N-dealkylation sites (N-methyl/N-ethyl adjacent to an activating group) is 2. The number of hydrogen-bond acceptors (Lipinski definition) is 3. The fourth-order valence-electron chi connectivity index (χ4n) is 1.93. The molecule has 0 aliphatic heterocycles. The van der Waals surface area contributed by atoms with Gasteiger partial charge in [0.1, 0.15) is 0 Å². The van der Waals surface area contributed by atoms with Gasteiger partial charge < -0.3 is 15.5 Å². The van der Waals surface area contributed by atoms with Gasteiger partial charge in [-0.2, -0.15) is 0 Å². The third-order valence-corrected chi connectivity index (χ3v) is 3.26. The van der Waals surface area contributed by atoms with Crippen molar-refractivity contribution >= 4 is 24.2 Å². The van der Waals surface area contributed by atoms with E-state index in [9.17, 15) is 9.59 Å². The number of carbonyl (C=O) groups excluding carboxylic acids is 2. The van der Waals surface area contributed by atoms with Gasteiger partial charge in [-0.3, -0.25) is 9.59 Å². The van der Waals surface area contributed by atoms with Crippen molar-refractivity contribution in [2.45, 2.75) is 46.0 Å². The molecule has 0 fully saturated rings. The van der Waals surface area contributed by atoms with Gasteiger partial charge in [-0.05, 0) is 33.2 Å². The summed E-state index contributed by atoms with van der Waals surface area (Å²) in [5.41, 5.74) is 5.41. The second-order valence-electron chi connectivity index (χ2n) is 4.77. The first-order chi connectivity index (χ1) is 9.06. The highest BCUT2D eigenvalue weighted by Gasteiger charge is 2.15. The van der Waals surface area contributed by atoms with E-state index in [1.54, 1.807) is 11.9 Å². The van der Waals surface area contributed by atoms with Crippen LogP contribution < -0.4 is 5.73 Å². The number of nitrogens with two attached hydrogens (primary N) is 1. The van der Waals surface area contributed by atoms with Gasteiger partial charge in [-0.25, -0.2) is 0 Å². The summed E-state index contributed by atoms with van der Waals surface area (Å²) in [6, 6.07) is 0. The molecule has 6 heteroatoms. The highest BCUT2D eigenvalue weighted by atomic mass is 35.5. The largest absolute Gasteiger partial charge is 0.342 e. The summed E-state index contributed by atoms with van der Waals surface area (Å²) in [7, 11) is 1.70. The van der Waals surface area contributed by atoms with Crippen molar-refractivity contribution in [1.29, 1.82) is 0 Å². The Morgan fingerprint density at radius 2 is 1.50 bits per heavy atom. The molecule has 0 aliphatic carbocycles. The van der Waals surface area contributed by atoms with E-state index in [2.05, 4.69) is 0 Å². The van der Waals surface area contributed by atoms with Crippen molar-refractivity contribution in [2.24, 2.45) is 5.73 Å². The lowest BCUT2D eigenvalue weighted by Crippen LogP contribution is -2.40. The maximum absolute atomic E-state index is 11.9. The predicted octanol–water partition coefficient (Wildman–Crippen LogP) is 1.64. The Kier molecular flexibility index (Phi) is 14.2. The number of rotatable bonds is 10. The molecule has 0 aromatic heterocycles. The first-order valence-corrected chi connectivity index (χ1v) is 7.28. The summed E-state index contributed by atoms with van der Waals surface area (Å²) in [6.45, 7) is 6.17. The van der Waals surface area contributed by atoms with E-state index >= 15 is 0 Å². The maximum Gasteiger partial charge on any atom is 0.242 e. The number of hydrogen-bond donors (Lipinski definition) is 1. The quantitative estimate of drug-likeness (QED) is 0.624. The van der Waals surface area contributed by atoms with Crippen LogP contribution in [0.3, 0.4) is 0 Å². The zero-order chi connectivity index (χ0) is 14.7. The Labute approximate surface area is 129 Å². The summed E-state index contributed by atoms with van der Waals surface area (Å²) in [5, 5.41) is 0. The number of halogens is 1. The molecule has 0 heterocycles. The van der Waals surface area contributed by atoms with Crippen molar-refractivity contribution < 1.29 is 9.59 Å². The van der Waals surface area contributed by atoms with E-state index in [1.165, 1.54) is 4.90 Å². The van der Waals surface area contributed by atoms with Crippen LogP contribution in [0.25, 0.3) is 0 Å². The monoisotopic (exact) mass is 307 g/mol. The molecule has 0 aromatic rings. The molecule has 20 heavy (non-hydrogen) atoms. The van der Waals surface area contributed by atoms with Crippen LogP contribution in [-0.4, -0.2) is 54.8 Å². The first-order valence-electron chi connectivity index (χ1n) is 7.28. The van der Waals surface area contributed by atoms with E-state index in [0.29, 0.717) is 26.1 Å². The second-order valence-corrected chi connectivity index (χ2v) is 4.77. The lowest BCUT2D eigenvalue weighted by Gasteiger charge is -2.23. The lowest BCUT2D eigenvalue weighted by atomic mass is 10.1. The van der Waals surface area contributed by atoms with Gasteiger partial charge >= 0.3 is 0 Å². The van der Waals surface area contributed by atoms with Crippen LogP contribution >= 0.6 is 12.4 Å². The molecule has 0 bridgehead atoms. The van der Waals surface area contributed by atoms with Crippen LogP contribution in [-0.2, 0) is 9.59 Å². The maximum atomic E-state index is 11.9. The summed E-state index contributed by atoms with van der Waals surface area (Å²) in [4.78, 5) is 27.0. The Hall–Kier alpha value is -0.810. The van der Waals surface area contributed by atoms with Gasteiger partial charge in [0, 0.05) is 26.6 Å². The minimum atomic E-state index is 0. The first kappa shape index (κ1) is 21.5. The third-order valence-electron chi connectivity index (χ3n) is 3.26. The molecule has 0 saturated heterocycles. The SMILES string of the molecule is CCN(CC)C(=O)CN(C)C(=O)CCCCCCN.Cl. The fourth-order valence-corrected chi connectivity index (χ4v) is 1.93. The van der Waals surface area contributed by atoms with Crippen molar-refractivity contribution in [3.8, 4) is 0 Å². The highest BCUT2D eigenvalue weighted by Crippen LogP contribution is 2.04. The topological polar surface area (TPSA) is 66.6 Å². The normalized spacial score (nSPS) is 9.80. The van der Waals surface area contributed by atoms with Crippen molar-refractivity contribution in [3.63, 3.8) is 0 Å². The van der Waals surface area contributed by atoms with Crippen LogP contribution in [0.1, 0.15) is 46.0 Å². The number of amides is 2. The summed E-state index contributed by atoms with van der Waals surface area (Å²) < 4.78 is 0. The third kappa shape index (κ3) is 9.15. The van der Waals surface area contributed by atoms with Crippen molar-refractivity contribution in [1.82, 2.24) is 9.80 Å². The predicted molar refractivity (Wildman–Crippen MR) is 85.0 cm³/mol. The smallest absolute Gasteiger partial charge is 0.242 e. The van der Waals surface area contributed by atoms with E-state index < -0.39 is 0 Å². The van der Waals surface area contributed by atoms with E-state index in [4.69, 9.17) is 5.73 Å². The minimum Gasteiger partial charge on any atom is -0.342 e. The zero-order valence-corrected chi connectivity index (χ0v) is 13.9. The summed E-state index contributed by atoms with van der Waals surface area (Å²) in [6.07, 6.45) is 4.52. The number of carbonyl (C=O) groups is 2. The van der Waals surface area contributed by atoms with Gasteiger partial charge in [0.25, 0.3) is 0 Å². The minimum absolute atomic E-state index is 0. The summed E-state index contributed by atoms with van der Waals surface area (Å²) in [5.74, 6) is 0.0669. The molecule has 0 unspecified atom stereocenters. The standard InChI is InChI=1S/C14H29N3O2.ClH/c1-4-17(5-2)14(19)12-16(3)13(18)10-8-6-7-9-11-15;/h4-12,15H2,1-3H3;1H. The summed E-state index contributed by atoms with van der Waals surface area (Å²) >= 11 is 0. The van der Waals surface area contributed by atoms with E-state index in [0.717, 1.165) is 25.7 Å². The second kappa shape index (κ2) is 13.2. The molecule has 0 rings (SSSR count). The fraction of sp³-hybridized carbons (Fsp3) is 0.857. The molecule has 0 spiro atoms. The molecule has 0 atom stereocenters. The van der Waals surface area contributed by atoms with Crippen LogP contribution in [0.5, 0.6) is 0 Å². The van der Waals surface area contributed by atoms with Crippen LogP contribution in [0.15, 0.2) is 0 Å². The Balaban J connectivity index is 0. The Morgan fingerprint density at radius 3 is 2.00 bits per heavy atom. The Bertz CT molecular complexity index is 271. The molecule has 0 saturated carbocycles. The molecular formula is C14H30ClN3O2. The molecule has 0 aliphatic rings. The van der Waals surface area contributed by atoms with Crippen molar-refractivity contribution in [2.75, 3.05) is 33.2 Å². The highest BCUT2D eigenvalue weighted by molar-refractivity contribution is 5.85. The number of unbranched alkanes of at least 4 members (excludes halogenated alkanes) is 3. The van der Waals surface area contributed by atoms with Crippen molar-refractivity contribution in [3.05, 3.63) is 0 Å². The van der Waals surface area contributed by atoms with Gasteiger partial charge in [-0.1, -0.05) is 12.8 Å². The van der Waals surface area contributed by atoms with Gasteiger partial charge in [0.05, 0.1) is 6.54 Å². The van der Waals surface area contributed by atoms with Crippen LogP contribution in [0.4, 0.5) is 0 Å². The average molecular weight is 308 g/mol. The average Bonchev–Trinajstić information content (AvgIpc) is 2.39. The van der Waals surface area contributed by atoms with Gasteiger partial charge in [0.15, 0.2) is 0 Å². The molecule has 0 radical (unpaired) electrons. The molecule has 120 valence electrons. The number of nitrogens with zero attached hydrogens (tertiary/aromatic N) is 2. The lowest BCUT2D eigenvalue weighted by molar-refractivity contribution is -0.139. The van der Waals surface area contributed by atoms with Crippen LogP contribution in [0.2, 0.25) is 0 Å². The van der Waals surface area contributed by atoms with E-state index in [-0.39, 0.29) is 30.8 Å². The zero-order valence-electron chi connectivity index (χ0n) is 13.1. The molecule has 2 amide bonds. The molecule has 0 aromatic carbocycles.